The first-order valence-electron chi connectivity index (χ1n) is 15.5. The molecule has 0 radical (unpaired) electrons. The molecule has 1 aromatic rings. The Kier molecular flexibility index (Phi) is 20.9. The van der Waals surface area contributed by atoms with Crippen LogP contribution < -0.4 is 0 Å². The van der Waals surface area contributed by atoms with Crippen LogP contribution in [0, 0.1) is 5.92 Å². The van der Waals surface area contributed by atoms with Gasteiger partial charge in [0.1, 0.15) is 6.10 Å². The number of hydrogen-bond donors (Lipinski definition) is 0. The zero-order valence-corrected chi connectivity index (χ0v) is 23.7. The lowest BCUT2D eigenvalue weighted by molar-refractivity contribution is -0.155. The van der Waals surface area contributed by atoms with Crippen LogP contribution >= 0.6 is 0 Å². The number of esters is 1. The van der Waals surface area contributed by atoms with Crippen LogP contribution in [-0.2, 0) is 9.53 Å². The number of rotatable bonds is 24. The van der Waals surface area contributed by atoms with Gasteiger partial charge in [-0.1, -0.05) is 160 Å². The van der Waals surface area contributed by atoms with Crippen LogP contribution in [-0.4, -0.2) is 5.97 Å². The van der Waals surface area contributed by atoms with Gasteiger partial charge in [0, 0.05) is 0 Å². The minimum atomic E-state index is -0.0942. The van der Waals surface area contributed by atoms with E-state index in [0.717, 1.165) is 50.5 Å². The van der Waals surface area contributed by atoms with Crippen molar-refractivity contribution in [2.75, 3.05) is 0 Å². The summed E-state index contributed by atoms with van der Waals surface area (Å²) in [4.78, 5) is 13.3. The van der Waals surface area contributed by atoms with E-state index in [-0.39, 0.29) is 18.0 Å². The maximum atomic E-state index is 13.3. The molecular weight excluding hydrogens is 428 g/mol. The van der Waals surface area contributed by atoms with Crippen molar-refractivity contribution in [3.8, 4) is 0 Å². The Balaban J connectivity index is 2.53. The van der Waals surface area contributed by atoms with Gasteiger partial charge >= 0.3 is 5.97 Å². The Morgan fingerprint density at radius 3 is 1.46 bits per heavy atom. The second-order valence-corrected chi connectivity index (χ2v) is 10.7. The van der Waals surface area contributed by atoms with Crippen LogP contribution in [0.3, 0.4) is 0 Å². The molecule has 0 N–H and O–H groups in total. The molecule has 0 amide bonds. The van der Waals surface area contributed by atoms with E-state index in [4.69, 9.17) is 4.74 Å². The van der Waals surface area contributed by atoms with E-state index in [0.29, 0.717) is 0 Å². The average Bonchev–Trinajstić information content (AvgIpc) is 2.88. The summed E-state index contributed by atoms with van der Waals surface area (Å²) < 4.78 is 6.21. The van der Waals surface area contributed by atoms with E-state index in [9.17, 15) is 4.79 Å². The highest BCUT2D eigenvalue weighted by atomic mass is 16.5. The molecule has 0 heterocycles. The van der Waals surface area contributed by atoms with Crippen LogP contribution in [0.2, 0.25) is 0 Å². The van der Waals surface area contributed by atoms with Crippen LogP contribution in [0.1, 0.15) is 167 Å². The third-order valence-corrected chi connectivity index (χ3v) is 7.40. The van der Waals surface area contributed by atoms with Gasteiger partial charge in [-0.05, 0) is 31.2 Å². The minimum absolute atomic E-state index is 0.0563. The van der Waals surface area contributed by atoms with E-state index in [1.807, 2.05) is 6.07 Å². The summed E-state index contributed by atoms with van der Waals surface area (Å²) in [5.41, 5.74) is 1.15. The van der Waals surface area contributed by atoms with Crippen molar-refractivity contribution in [2.24, 2.45) is 5.92 Å². The number of ether oxygens (including phenoxy) is 1. The molecule has 0 bridgehead atoms. The van der Waals surface area contributed by atoms with Crippen molar-refractivity contribution in [1.82, 2.24) is 0 Å². The van der Waals surface area contributed by atoms with Crippen molar-refractivity contribution >= 4 is 5.97 Å². The fourth-order valence-electron chi connectivity index (χ4n) is 5.02. The first kappa shape index (κ1) is 31.7. The highest BCUT2D eigenvalue weighted by Gasteiger charge is 2.24. The van der Waals surface area contributed by atoms with Gasteiger partial charge < -0.3 is 4.74 Å². The third-order valence-electron chi connectivity index (χ3n) is 7.40. The molecule has 35 heavy (non-hydrogen) atoms. The molecule has 1 aromatic carbocycles. The molecular formula is C33H58O2. The van der Waals surface area contributed by atoms with E-state index in [1.54, 1.807) is 0 Å². The fraction of sp³-hybridized carbons (Fsp3) is 0.788. The highest BCUT2D eigenvalue weighted by molar-refractivity contribution is 5.72. The first-order valence-corrected chi connectivity index (χ1v) is 15.5. The molecule has 0 saturated heterocycles. The Labute approximate surface area is 219 Å². The highest BCUT2D eigenvalue weighted by Crippen LogP contribution is 2.28. The molecule has 0 saturated carbocycles. The van der Waals surface area contributed by atoms with Crippen LogP contribution in [0.25, 0.3) is 0 Å². The number of unbranched alkanes of at least 4 members (excludes halogenated alkanes) is 15. The van der Waals surface area contributed by atoms with Gasteiger partial charge in [-0.15, -0.1) is 0 Å². The summed E-state index contributed by atoms with van der Waals surface area (Å²) in [7, 11) is 0. The molecule has 2 heteroatoms. The van der Waals surface area contributed by atoms with Crippen molar-refractivity contribution in [2.45, 2.75) is 162 Å². The van der Waals surface area contributed by atoms with Crippen molar-refractivity contribution in [1.29, 1.82) is 0 Å². The second kappa shape index (κ2) is 23.1. The summed E-state index contributed by atoms with van der Waals surface area (Å²) in [5, 5.41) is 0. The Morgan fingerprint density at radius 1 is 0.571 bits per heavy atom. The molecule has 0 spiro atoms. The Hall–Kier alpha value is -1.31. The summed E-state index contributed by atoms with van der Waals surface area (Å²) >= 11 is 0. The van der Waals surface area contributed by atoms with Crippen molar-refractivity contribution in [3.05, 3.63) is 35.9 Å². The Bertz CT molecular complexity index is 562. The first-order chi connectivity index (χ1) is 17.2. The molecule has 1 unspecified atom stereocenters. The van der Waals surface area contributed by atoms with E-state index in [1.165, 1.54) is 89.9 Å². The quantitative estimate of drug-likeness (QED) is 0.107. The molecule has 0 aromatic heterocycles. The summed E-state index contributed by atoms with van der Waals surface area (Å²) in [6.07, 6.45) is 26.0. The normalized spacial score (nSPS) is 12.2. The van der Waals surface area contributed by atoms with Gasteiger partial charge in [0.25, 0.3) is 0 Å². The number of carbonyl (C=O) groups excluding carboxylic acids is 1. The summed E-state index contributed by atoms with van der Waals surface area (Å²) in [6, 6.07) is 10.4. The van der Waals surface area contributed by atoms with E-state index >= 15 is 0 Å². The topological polar surface area (TPSA) is 26.3 Å². The molecule has 202 valence electrons. The van der Waals surface area contributed by atoms with Crippen LogP contribution in [0.4, 0.5) is 0 Å². The monoisotopic (exact) mass is 486 g/mol. The van der Waals surface area contributed by atoms with E-state index < -0.39 is 0 Å². The zero-order valence-electron chi connectivity index (χ0n) is 23.7. The van der Waals surface area contributed by atoms with Crippen molar-refractivity contribution < 1.29 is 9.53 Å². The molecule has 0 aliphatic carbocycles. The molecule has 1 rings (SSSR count). The lowest BCUT2D eigenvalue weighted by atomic mass is 9.93. The number of hydrogen-bond acceptors (Lipinski definition) is 2. The SMILES string of the molecule is CCCCCCCCCCC(CCCCCCCCCC)C(=O)OC(CCCC)c1ccccc1. The molecule has 2 nitrogen and oxygen atoms in total. The molecule has 0 fully saturated rings. The predicted octanol–water partition coefficient (Wildman–Crippen LogP) is 11.1. The third kappa shape index (κ3) is 16.9. The minimum Gasteiger partial charge on any atom is -0.457 e. The summed E-state index contributed by atoms with van der Waals surface area (Å²) in [5.74, 6) is 0.129. The maximum absolute atomic E-state index is 13.3. The predicted molar refractivity (Wildman–Crippen MR) is 153 cm³/mol. The Morgan fingerprint density at radius 2 is 1.00 bits per heavy atom. The van der Waals surface area contributed by atoms with Gasteiger partial charge in [0.15, 0.2) is 0 Å². The van der Waals surface area contributed by atoms with E-state index in [2.05, 4.69) is 45.0 Å². The number of carbonyl (C=O) groups is 1. The standard InChI is InChI=1S/C33H58O2/c1-4-7-10-12-14-16-18-21-27-31(28-22-19-17-15-13-11-8-5-2)33(34)35-32(29-9-6-3)30-25-23-20-24-26-30/h20,23-26,31-32H,4-19,21-22,27-29H2,1-3H3. The average molecular weight is 487 g/mol. The second-order valence-electron chi connectivity index (χ2n) is 10.7. The van der Waals surface area contributed by atoms with Gasteiger partial charge in [-0.3, -0.25) is 4.79 Å². The molecule has 1 atom stereocenters. The lowest BCUT2D eigenvalue weighted by Crippen LogP contribution is -2.21. The van der Waals surface area contributed by atoms with Crippen LogP contribution in [0.5, 0.6) is 0 Å². The smallest absolute Gasteiger partial charge is 0.309 e. The number of benzene rings is 1. The van der Waals surface area contributed by atoms with Gasteiger partial charge in [-0.25, -0.2) is 0 Å². The zero-order chi connectivity index (χ0) is 25.4. The molecule has 0 aliphatic rings. The fourth-order valence-corrected chi connectivity index (χ4v) is 5.02. The van der Waals surface area contributed by atoms with Crippen LogP contribution in [0.15, 0.2) is 30.3 Å². The molecule has 0 aliphatic heterocycles. The van der Waals surface area contributed by atoms with Crippen molar-refractivity contribution in [3.63, 3.8) is 0 Å². The maximum Gasteiger partial charge on any atom is 0.309 e. The van der Waals surface area contributed by atoms with Gasteiger partial charge in [-0.2, -0.15) is 0 Å². The lowest BCUT2D eigenvalue weighted by Gasteiger charge is -2.22. The summed E-state index contributed by atoms with van der Waals surface area (Å²) in [6.45, 7) is 6.75. The van der Waals surface area contributed by atoms with Gasteiger partial charge in [0.2, 0.25) is 0 Å². The van der Waals surface area contributed by atoms with Gasteiger partial charge in [0.05, 0.1) is 5.92 Å². The largest absolute Gasteiger partial charge is 0.457 e.